The second-order valence-corrected chi connectivity index (χ2v) is 9.55. The fraction of sp³-hybridized carbons (Fsp3) is 0.588. The molecule has 1 amide bonds. The number of hydrogen-bond acceptors (Lipinski definition) is 5. The number of methoxy groups -OCH3 is 1. The normalized spacial score (nSPS) is 26.6. The molecule has 9 heteroatoms. The van der Waals surface area contributed by atoms with Gasteiger partial charge in [0.1, 0.15) is 5.75 Å². The number of carbonyl (C=O) groups excluding carboxylic acids is 1. The molecule has 2 saturated heterocycles. The molecule has 0 aromatic heterocycles. The van der Waals surface area contributed by atoms with Crippen LogP contribution in [0.3, 0.4) is 0 Å². The molecule has 1 aromatic carbocycles. The summed E-state index contributed by atoms with van der Waals surface area (Å²) < 4.78 is 30.5. The Morgan fingerprint density at radius 3 is 2.77 bits per heavy atom. The third kappa shape index (κ3) is 3.43. The van der Waals surface area contributed by atoms with Crippen LogP contribution in [-0.2, 0) is 10.0 Å². The Bertz CT molecular complexity index is 815. The van der Waals surface area contributed by atoms with Crippen molar-refractivity contribution in [2.24, 2.45) is 11.3 Å². The smallest absolute Gasteiger partial charge is 0.257 e. The molecule has 2 aliphatic heterocycles. The largest absolute Gasteiger partial charge is 0.496 e. The molecule has 144 valence electrons. The Kier molecular flexibility index (Phi) is 5.22. The Labute approximate surface area is 158 Å². The van der Waals surface area contributed by atoms with Crippen LogP contribution >= 0.6 is 11.6 Å². The van der Waals surface area contributed by atoms with Gasteiger partial charge < -0.3 is 14.7 Å². The number of fused-ring (bicyclic) bond motifs is 1. The SMILES string of the molecule is COc1ccc(Cl)cc1C(=O)N1CC[C@H]2CN(S(C)(=O)=O)C[C@@]2(CO)C1. The summed E-state index contributed by atoms with van der Waals surface area (Å²) in [4.78, 5) is 14.7. The highest BCUT2D eigenvalue weighted by Crippen LogP contribution is 2.43. The number of aliphatic hydroxyl groups is 1. The lowest BCUT2D eigenvalue weighted by molar-refractivity contribution is 0.0128. The molecule has 2 fully saturated rings. The van der Waals surface area contributed by atoms with Gasteiger partial charge in [0, 0.05) is 36.6 Å². The standard InChI is InChI=1S/C17H23ClN2O5S/c1-25-15-4-3-13(18)7-14(15)16(22)19-6-5-12-8-20(26(2,23)24)10-17(12,9-19)11-21/h3-4,7,12,21H,5-6,8-11H2,1-2H3/t12-,17+/m0/s1. The predicted octanol–water partition coefficient (Wildman–Crippen LogP) is 1.06. The molecule has 26 heavy (non-hydrogen) atoms. The van der Waals surface area contributed by atoms with E-state index in [9.17, 15) is 18.3 Å². The van der Waals surface area contributed by atoms with Gasteiger partial charge in [-0.05, 0) is 30.5 Å². The summed E-state index contributed by atoms with van der Waals surface area (Å²) in [5.74, 6) is 0.240. The number of halogens is 1. The van der Waals surface area contributed by atoms with Crippen LogP contribution in [0.25, 0.3) is 0 Å². The van der Waals surface area contributed by atoms with Crippen LogP contribution in [0.15, 0.2) is 18.2 Å². The monoisotopic (exact) mass is 402 g/mol. The highest BCUT2D eigenvalue weighted by molar-refractivity contribution is 7.88. The van der Waals surface area contributed by atoms with E-state index in [1.54, 1.807) is 23.1 Å². The molecule has 0 radical (unpaired) electrons. The topological polar surface area (TPSA) is 87.2 Å². The van der Waals surface area contributed by atoms with Crippen molar-refractivity contribution in [1.29, 1.82) is 0 Å². The zero-order valence-electron chi connectivity index (χ0n) is 14.8. The van der Waals surface area contributed by atoms with Gasteiger partial charge in [0.15, 0.2) is 0 Å². The minimum Gasteiger partial charge on any atom is -0.496 e. The predicted molar refractivity (Wildman–Crippen MR) is 98.0 cm³/mol. The Morgan fingerprint density at radius 2 is 2.15 bits per heavy atom. The first-order valence-electron chi connectivity index (χ1n) is 8.39. The maximum absolute atomic E-state index is 13.0. The Morgan fingerprint density at radius 1 is 1.42 bits per heavy atom. The summed E-state index contributed by atoms with van der Waals surface area (Å²) in [5, 5.41) is 10.5. The summed E-state index contributed by atoms with van der Waals surface area (Å²) in [5.41, 5.74) is -0.271. The van der Waals surface area contributed by atoms with E-state index in [-0.39, 0.29) is 25.0 Å². The third-order valence-corrected chi connectivity index (χ3v) is 6.95. The fourth-order valence-electron chi connectivity index (χ4n) is 4.00. The molecule has 1 aromatic rings. The van der Waals surface area contributed by atoms with Crippen LogP contribution < -0.4 is 4.74 Å². The third-order valence-electron chi connectivity index (χ3n) is 5.50. The number of hydrogen-bond donors (Lipinski definition) is 1. The zero-order valence-corrected chi connectivity index (χ0v) is 16.4. The highest BCUT2D eigenvalue weighted by atomic mass is 35.5. The quantitative estimate of drug-likeness (QED) is 0.813. The number of likely N-dealkylation sites (tertiary alicyclic amines) is 1. The van der Waals surface area contributed by atoms with Crippen molar-refractivity contribution >= 4 is 27.5 Å². The number of rotatable bonds is 4. The first kappa shape index (κ1) is 19.4. The lowest BCUT2D eigenvalue weighted by Crippen LogP contribution is -2.52. The highest BCUT2D eigenvalue weighted by Gasteiger charge is 2.52. The van der Waals surface area contributed by atoms with Crippen LogP contribution in [0, 0.1) is 11.3 Å². The van der Waals surface area contributed by atoms with Crippen molar-refractivity contribution in [3.63, 3.8) is 0 Å². The number of nitrogens with zero attached hydrogens (tertiary/aromatic N) is 2. The van der Waals surface area contributed by atoms with Gasteiger partial charge in [-0.15, -0.1) is 0 Å². The molecule has 0 unspecified atom stereocenters. The van der Waals surface area contributed by atoms with Crippen molar-refractivity contribution in [1.82, 2.24) is 9.21 Å². The summed E-state index contributed by atoms with van der Waals surface area (Å²) in [6, 6.07) is 4.86. The second kappa shape index (κ2) is 6.99. The van der Waals surface area contributed by atoms with Gasteiger partial charge in [0.25, 0.3) is 5.91 Å². The van der Waals surface area contributed by atoms with E-state index in [0.29, 0.717) is 42.4 Å². The second-order valence-electron chi connectivity index (χ2n) is 7.13. The molecular formula is C17H23ClN2O5S. The number of aliphatic hydroxyl groups excluding tert-OH is 1. The molecule has 0 saturated carbocycles. The minimum absolute atomic E-state index is 0.0348. The van der Waals surface area contributed by atoms with Crippen molar-refractivity contribution in [3.8, 4) is 5.75 Å². The van der Waals surface area contributed by atoms with E-state index in [2.05, 4.69) is 0 Å². The fourth-order valence-corrected chi connectivity index (χ4v) is 5.12. The van der Waals surface area contributed by atoms with Gasteiger partial charge in [-0.25, -0.2) is 12.7 Å². The van der Waals surface area contributed by atoms with E-state index < -0.39 is 15.4 Å². The van der Waals surface area contributed by atoms with Gasteiger partial charge in [-0.3, -0.25) is 4.79 Å². The number of benzene rings is 1. The maximum atomic E-state index is 13.0. The van der Waals surface area contributed by atoms with Gasteiger partial charge >= 0.3 is 0 Å². The van der Waals surface area contributed by atoms with E-state index in [4.69, 9.17) is 16.3 Å². The zero-order chi connectivity index (χ0) is 19.1. The molecule has 2 heterocycles. The van der Waals surface area contributed by atoms with Crippen molar-refractivity contribution in [2.45, 2.75) is 6.42 Å². The molecule has 2 atom stereocenters. The first-order chi connectivity index (χ1) is 12.2. The molecule has 0 aliphatic carbocycles. The van der Waals surface area contributed by atoms with Crippen molar-refractivity contribution in [2.75, 3.05) is 46.2 Å². The molecule has 3 rings (SSSR count). The number of amides is 1. The molecule has 0 bridgehead atoms. The Balaban J connectivity index is 1.86. The molecule has 2 aliphatic rings. The van der Waals surface area contributed by atoms with Crippen LogP contribution in [-0.4, -0.2) is 74.8 Å². The van der Waals surface area contributed by atoms with Gasteiger partial charge in [-0.2, -0.15) is 0 Å². The summed E-state index contributed by atoms with van der Waals surface area (Å²) in [6.07, 6.45) is 1.82. The van der Waals surface area contributed by atoms with Crippen LogP contribution in [0.5, 0.6) is 5.75 Å². The minimum atomic E-state index is -3.33. The number of piperidine rings is 1. The van der Waals surface area contributed by atoms with Crippen molar-refractivity contribution < 1.29 is 23.1 Å². The molecule has 0 spiro atoms. The summed E-state index contributed by atoms with van der Waals surface area (Å²) >= 11 is 6.03. The van der Waals surface area contributed by atoms with Crippen LogP contribution in [0.4, 0.5) is 0 Å². The average molecular weight is 403 g/mol. The van der Waals surface area contributed by atoms with Gasteiger partial charge in [-0.1, -0.05) is 11.6 Å². The van der Waals surface area contributed by atoms with E-state index >= 15 is 0 Å². The lowest BCUT2D eigenvalue weighted by Gasteiger charge is -2.43. The van der Waals surface area contributed by atoms with Crippen LogP contribution in [0.2, 0.25) is 5.02 Å². The Hall–Kier alpha value is -1.35. The average Bonchev–Trinajstić information content (AvgIpc) is 3.00. The van der Waals surface area contributed by atoms with E-state index in [0.717, 1.165) is 0 Å². The number of ether oxygens (including phenoxy) is 1. The molecule has 1 N–H and O–H groups in total. The first-order valence-corrected chi connectivity index (χ1v) is 10.6. The number of sulfonamides is 1. The van der Waals surface area contributed by atoms with Gasteiger partial charge in [0.2, 0.25) is 10.0 Å². The summed E-state index contributed by atoms with van der Waals surface area (Å²) in [7, 11) is -1.85. The number of carbonyl (C=O) groups is 1. The van der Waals surface area contributed by atoms with Crippen LogP contribution in [0.1, 0.15) is 16.8 Å². The molecule has 7 nitrogen and oxygen atoms in total. The maximum Gasteiger partial charge on any atom is 0.257 e. The van der Waals surface area contributed by atoms with Crippen molar-refractivity contribution in [3.05, 3.63) is 28.8 Å². The summed E-state index contributed by atoms with van der Waals surface area (Å²) in [6.45, 7) is 1.25. The molecular weight excluding hydrogens is 380 g/mol. The van der Waals surface area contributed by atoms with E-state index in [1.165, 1.54) is 17.7 Å². The lowest BCUT2D eigenvalue weighted by atomic mass is 9.74. The van der Waals surface area contributed by atoms with E-state index in [1.807, 2.05) is 0 Å². The van der Waals surface area contributed by atoms with Gasteiger partial charge in [0.05, 0.1) is 25.5 Å².